The van der Waals surface area contributed by atoms with Gasteiger partial charge >= 0.3 is 5.97 Å². The van der Waals surface area contributed by atoms with Crippen LogP contribution < -0.4 is 0 Å². The van der Waals surface area contributed by atoms with Crippen molar-refractivity contribution >= 4 is 25.3 Å². The Morgan fingerprint density at radius 3 is 2.47 bits per heavy atom. The van der Waals surface area contributed by atoms with Gasteiger partial charge in [0.1, 0.15) is 11.1 Å². The summed E-state index contributed by atoms with van der Waals surface area (Å²) in [5.41, 5.74) is 8.73. The minimum atomic E-state index is -1.91. The lowest BCUT2D eigenvalue weighted by molar-refractivity contribution is -0.155. The molecule has 1 atom stereocenters. The second kappa shape index (κ2) is 10.2. The fourth-order valence-corrected chi connectivity index (χ4v) is 6.16. The predicted molar refractivity (Wildman–Crippen MR) is 156 cm³/mol. The summed E-state index contributed by atoms with van der Waals surface area (Å²) in [4.78, 5) is 13.2. The quantitative estimate of drug-likeness (QED) is 0.237. The second-order valence-electron chi connectivity index (χ2n) is 13.4. The summed E-state index contributed by atoms with van der Waals surface area (Å²) < 4.78 is 14.3. The summed E-state index contributed by atoms with van der Waals surface area (Å²) >= 11 is 0. The molecule has 206 valence electrons. The number of aromatic nitrogens is 3. The molecule has 0 spiro atoms. The van der Waals surface area contributed by atoms with E-state index in [0.717, 1.165) is 47.0 Å². The van der Waals surface area contributed by atoms with Gasteiger partial charge in [-0.05, 0) is 105 Å². The Hall–Kier alpha value is -2.51. The first-order chi connectivity index (χ1) is 17.6. The van der Waals surface area contributed by atoms with Crippen molar-refractivity contribution in [3.63, 3.8) is 0 Å². The molecule has 0 bridgehead atoms. The van der Waals surface area contributed by atoms with Gasteiger partial charge in [0.25, 0.3) is 0 Å². The molecular formula is C31H45N3O3Si. The Morgan fingerprint density at radius 1 is 1.11 bits per heavy atom. The highest BCUT2D eigenvalue weighted by Crippen LogP contribution is 2.40. The van der Waals surface area contributed by atoms with Gasteiger partial charge in [-0.1, -0.05) is 44.2 Å². The maximum absolute atomic E-state index is 13.2. The van der Waals surface area contributed by atoms with Crippen LogP contribution in [0.25, 0.3) is 11.0 Å². The number of ether oxygens (including phenoxy) is 1. The second-order valence-corrected chi connectivity index (χ2v) is 18.2. The fraction of sp³-hybridized carbons (Fsp3) is 0.581. The number of nitrogens with zero attached hydrogens (tertiary/aromatic N) is 3. The summed E-state index contributed by atoms with van der Waals surface area (Å²) in [6.07, 6.45) is 3.59. The number of carbonyl (C=O) groups excluding carboxylic acids is 1. The highest BCUT2D eigenvalue weighted by molar-refractivity contribution is 6.74. The molecule has 0 saturated carbocycles. The maximum atomic E-state index is 13.2. The Morgan fingerprint density at radius 2 is 1.82 bits per heavy atom. The van der Waals surface area contributed by atoms with Crippen LogP contribution in [0.2, 0.25) is 18.1 Å². The standard InChI is InChI=1S/C31H45N3O3Si/c1-20-24(14-15-27-29(20)32-33-34(27)8)26(18-28(35)37-30(2,3)4)22-16-21-12-11-13-25(21)23(17-22)19-36-38(9,10)31(5,6)7/h14-17,26H,11-13,18-19H2,1-10H3. The summed E-state index contributed by atoms with van der Waals surface area (Å²) in [5, 5.41) is 8.81. The first kappa shape index (κ1) is 28.5. The number of aryl methyl sites for hydroxylation is 3. The molecule has 7 heteroatoms. The van der Waals surface area contributed by atoms with Gasteiger partial charge in [-0.25, -0.2) is 4.68 Å². The largest absolute Gasteiger partial charge is 0.460 e. The van der Waals surface area contributed by atoms with E-state index in [1.165, 1.54) is 16.7 Å². The van der Waals surface area contributed by atoms with Gasteiger partial charge < -0.3 is 9.16 Å². The summed E-state index contributed by atoms with van der Waals surface area (Å²) in [6.45, 7) is 19.9. The lowest BCUT2D eigenvalue weighted by Gasteiger charge is -2.36. The molecular weight excluding hydrogens is 490 g/mol. The van der Waals surface area contributed by atoms with Crippen LogP contribution in [0.15, 0.2) is 24.3 Å². The van der Waals surface area contributed by atoms with E-state index in [4.69, 9.17) is 9.16 Å². The van der Waals surface area contributed by atoms with Gasteiger partial charge in [0.2, 0.25) is 0 Å². The lowest BCUT2D eigenvalue weighted by atomic mass is 9.83. The minimum absolute atomic E-state index is 0.145. The van der Waals surface area contributed by atoms with Crippen molar-refractivity contribution in [2.45, 2.75) is 110 Å². The summed E-state index contributed by atoms with van der Waals surface area (Å²) in [7, 11) is -0.00610. The van der Waals surface area contributed by atoms with E-state index >= 15 is 0 Å². The zero-order valence-corrected chi connectivity index (χ0v) is 26.0. The number of hydrogen-bond acceptors (Lipinski definition) is 5. The van der Waals surface area contributed by atoms with Gasteiger partial charge in [-0.2, -0.15) is 0 Å². The Bertz CT molecular complexity index is 1350. The Kier molecular flexibility index (Phi) is 7.67. The predicted octanol–water partition coefficient (Wildman–Crippen LogP) is 7.15. The van der Waals surface area contributed by atoms with Crippen LogP contribution >= 0.6 is 0 Å². The molecule has 0 radical (unpaired) electrons. The van der Waals surface area contributed by atoms with Gasteiger partial charge in [-0.15, -0.1) is 5.10 Å². The third-order valence-corrected chi connectivity index (χ3v) is 12.9. The molecule has 1 aliphatic carbocycles. The molecule has 1 aliphatic rings. The lowest BCUT2D eigenvalue weighted by Crippen LogP contribution is -2.40. The highest BCUT2D eigenvalue weighted by atomic mass is 28.4. The molecule has 1 heterocycles. The first-order valence-corrected chi connectivity index (χ1v) is 16.8. The van der Waals surface area contributed by atoms with E-state index in [9.17, 15) is 4.79 Å². The van der Waals surface area contributed by atoms with E-state index < -0.39 is 13.9 Å². The molecule has 4 rings (SSSR count). The van der Waals surface area contributed by atoms with Crippen molar-refractivity contribution in [1.29, 1.82) is 0 Å². The van der Waals surface area contributed by atoms with Crippen LogP contribution in [0, 0.1) is 6.92 Å². The van der Waals surface area contributed by atoms with Crippen LogP contribution in [0.5, 0.6) is 0 Å². The van der Waals surface area contributed by atoms with Crippen molar-refractivity contribution < 1.29 is 14.0 Å². The smallest absolute Gasteiger partial charge is 0.307 e. The summed E-state index contributed by atoms with van der Waals surface area (Å²) in [5.74, 6) is -0.338. The summed E-state index contributed by atoms with van der Waals surface area (Å²) in [6, 6.07) is 8.82. The number of hydrogen-bond donors (Lipinski definition) is 0. The molecule has 0 saturated heterocycles. The van der Waals surface area contributed by atoms with Crippen molar-refractivity contribution in [3.8, 4) is 0 Å². The molecule has 0 aliphatic heterocycles. The minimum Gasteiger partial charge on any atom is -0.460 e. The number of carbonyl (C=O) groups is 1. The first-order valence-electron chi connectivity index (χ1n) is 13.9. The Labute approximate surface area is 229 Å². The van der Waals surface area contributed by atoms with Crippen LogP contribution in [0.3, 0.4) is 0 Å². The molecule has 38 heavy (non-hydrogen) atoms. The third-order valence-electron chi connectivity index (χ3n) is 8.37. The molecule has 6 nitrogen and oxygen atoms in total. The van der Waals surface area contributed by atoms with E-state index in [-0.39, 0.29) is 23.3 Å². The van der Waals surface area contributed by atoms with Crippen molar-refractivity contribution in [2.75, 3.05) is 0 Å². The molecule has 2 aromatic carbocycles. The normalized spacial score (nSPS) is 15.1. The highest BCUT2D eigenvalue weighted by Gasteiger charge is 2.37. The van der Waals surface area contributed by atoms with Crippen LogP contribution in [0.4, 0.5) is 0 Å². The molecule has 1 unspecified atom stereocenters. The molecule has 3 aromatic rings. The average molecular weight is 536 g/mol. The van der Waals surface area contributed by atoms with Crippen LogP contribution in [-0.2, 0) is 40.5 Å². The Balaban J connectivity index is 1.79. The number of fused-ring (bicyclic) bond motifs is 2. The molecule has 0 amide bonds. The van der Waals surface area contributed by atoms with Gasteiger partial charge in [0, 0.05) is 13.0 Å². The van der Waals surface area contributed by atoms with Gasteiger partial charge in [0.05, 0.1) is 18.5 Å². The van der Waals surface area contributed by atoms with Gasteiger partial charge in [-0.3, -0.25) is 4.79 Å². The van der Waals surface area contributed by atoms with E-state index in [2.05, 4.69) is 75.4 Å². The number of benzene rings is 2. The zero-order chi connectivity index (χ0) is 28.0. The van der Waals surface area contributed by atoms with Crippen molar-refractivity contribution in [2.24, 2.45) is 7.05 Å². The third kappa shape index (κ3) is 5.89. The number of rotatable bonds is 7. The van der Waals surface area contributed by atoms with Gasteiger partial charge in [0.15, 0.2) is 8.32 Å². The van der Waals surface area contributed by atoms with Crippen molar-refractivity contribution in [3.05, 3.63) is 57.6 Å². The molecule has 0 N–H and O–H groups in total. The molecule has 0 fully saturated rings. The molecule has 1 aromatic heterocycles. The van der Waals surface area contributed by atoms with E-state index in [0.29, 0.717) is 6.61 Å². The van der Waals surface area contributed by atoms with Crippen molar-refractivity contribution in [1.82, 2.24) is 15.0 Å². The van der Waals surface area contributed by atoms with Crippen LogP contribution in [-0.4, -0.2) is 34.9 Å². The zero-order valence-electron chi connectivity index (χ0n) is 25.0. The van der Waals surface area contributed by atoms with E-state index in [1.54, 1.807) is 4.68 Å². The SMILES string of the molecule is Cc1c(C(CC(=O)OC(C)(C)C)c2cc3c(c(CO[Si](C)(C)C(C)(C)C)c2)CCC3)ccc2c1nnn2C. The monoisotopic (exact) mass is 535 g/mol. The number of esters is 1. The topological polar surface area (TPSA) is 66.2 Å². The fourth-order valence-electron chi connectivity index (χ4n) is 5.21. The average Bonchev–Trinajstić information content (AvgIpc) is 3.41. The maximum Gasteiger partial charge on any atom is 0.307 e. The van der Waals surface area contributed by atoms with E-state index in [1.807, 2.05) is 27.8 Å². The van der Waals surface area contributed by atoms with Crippen LogP contribution in [0.1, 0.15) is 93.7 Å².